The lowest BCUT2D eigenvalue weighted by Crippen LogP contribution is -2.13. The second kappa shape index (κ2) is 5.38. The summed E-state index contributed by atoms with van der Waals surface area (Å²) in [4.78, 5) is 6.66. The van der Waals surface area contributed by atoms with E-state index in [0.29, 0.717) is 12.2 Å². The van der Waals surface area contributed by atoms with Crippen LogP contribution in [0, 0.1) is 13.8 Å². The van der Waals surface area contributed by atoms with Gasteiger partial charge in [-0.25, -0.2) is 13.4 Å². The third-order valence-corrected chi connectivity index (χ3v) is 6.97. The second-order valence-electron chi connectivity index (χ2n) is 6.12. The van der Waals surface area contributed by atoms with Gasteiger partial charge in [0.15, 0.2) is 15.0 Å². The predicted octanol–water partition coefficient (Wildman–Crippen LogP) is 2.65. The van der Waals surface area contributed by atoms with Crippen molar-refractivity contribution in [2.24, 2.45) is 0 Å². The molecule has 0 radical (unpaired) electrons. The average Bonchev–Trinajstić information content (AvgIpc) is 3.08. The lowest BCUT2D eigenvalue weighted by atomic mass is 10.2. The molecular weight excluding hydrogens is 318 g/mol. The summed E-state index contributed by atoms with van der Waals surface area (Å²) in [5.41, 5.74) is 4.28. The summed E-state index contributed by atoms with van der Waals surface area (Å²) in [6.45, 7) is 4.10. The van der Waals surface area contributed by atoms with Gasteiger partial charge in [-0.2, -0.15) is 0 Å². The topological polar surface area (TPSA) is 55.2 Å². The van der Waals surface area contributed by atoms with Crippen LogP contribution in [0.3, 0.4) is 0 Å². The molecule has 0 N–H and O–H groups in total. The normalized spacial score (nSPS) is 20.5. The van der Waals surface area contributed by atoms with Gasteiger partial charge in [-0.15, -0.1) is 11.3 Å². The summed E-state index contributed by atoms with van der Waals surface area (Å²) in [6, 6.07) is 2.18. The van der Waals surface area contributed by atoms with Crippen LogP contribution < -0.4 is 4.90 Å². The molecule has 3 heterocycles. The quantitative estimate of drug-likeness (QED) is 0.863. The number of aryl methyl sites for hydroxylation is 1. The lowest BCUT2D eigenvalue weighted by Gasteiger charge is -2.16. The summed E-state index contributed by atoms with van der Waals surface area (Å²) < 4.78 is 25.7. The standard InChI is InChI=1S/C15H21N3O2S2/c1-10-7-13(14-8-21-15(16-14)17(3)4)11(2)18(10)12-5-6-22(19,20)9-12/h7-8,12H,5-6,9H2,1-4H3. The minimum atomic E-state index is -2.88. The zero-order chi connectivity index (χ0) is 16.1. The number of aromatic nitrogens is 2. The number of rotatable bonds is 3. The first-order valence-corrected chi connectivity index (χ1v) is 10.0. The molecule has 0 saturated carbocycles. The highest BCUT2D eigenvalue weighted by molar-refractivity contribution is 7.91. The maximum Gasteiger partial charge on any atom is 0.185 e. The molecule has 0 spiro atoms. The third-order valence-electron chi connectivity index (χ3n) is 4.21. The van der Waals surface area contributed by atoms with E-state index < -0.39 is 9.84 Å². The van der Waals surface area contributed by atoms with Gasteiger partial charge in [0.05, 0.1) is 17.2 Å². The van der Waals surface area contributed by atoms with Crippen LogP contribution in [0.1, 0.15) is 23.9 Å². The summed E-state index contributed by atoms with van der Waals surface area (Å²) in [7, 11) is 1.08. The van der Waals surface area contributed by atoms with Crippen molar-refractivity contribution in [1.82, 2.24) is 9.55 Å². The van der Waals surface area contributed by atoms with Gasteiger partial charge in [0.2, 0.25) is 0 Å². The number of hydrogen-bond donors (Lipinski definition) is 0. The van der Waals surface area contributed by atoms with E-state index in [1.807, 2.05) is 25.9 Å². The van der Waals surface area contributed by atoms with Crippen molar-refractivity contribution in [3.05, 3.63) is 22.8 Å². The van der Waals surface area contributed by atoms with Crippen molar-refractivity contribution < 1.29 is 8.42 Å². The molecule has 1 unspecified atom stereocenters. The summed E-state index contributed by atoms with van der Waals surface area (Å²) in [5, 5.41) is 3.04. The fourth-order valence-electron chi connectivity index (χ4n) is 3.17. The van der Waals surface area contributed by atoms with Gasteiger partial charge in [-0.3, -0.25) is 0 Å². The van der Waals surface area contributed by atoms with Gasteiger partial charge >= 0.3 is 0 Å². The molecule has 1 fully saturated rings. The molecule has 0 amide bonds. The van der Waals surface area contributed by atoms with Crippen molar-refractivity contribution in [3.8, 4) is 11.3 Å². The Morgan fingerprint density at radius 2 is 2.09 bits per heavy atom. The number of sulfone groups is 1. The Bertz CT molecular complexity index is 803. The first-order valence-electron chi connectivity index (χ1n) is 7.30. The van der Waals surface area contributed by atoms with Crippen LogP contribution in [0.2, 0.25) is 0 Å². The Labute approximate surface area is 135 Å². The van der Waals surface area contributed by atoms with Crippen molar-refractivity contribution in [1.29, 1.82) is 0 Å². The zero-order valence-corrected chi connectivity index (χ0v) is 15.0. The van der Waals surface area contributed by atoms with Crippen LogP contribution in [0.5, 0.6) is 0 Å². The molecule has 2 aromatic rings. The number of hydrogen-bond acceptors (Lipinski definition) is 5. The van der Waals surface area contributed by atoms with Gasteiger partial charge in [0, 0.05) is 42.5 Å². The molecule has 120 valence electrons. The van der Waals surface area contributed by atoms with Gasteiger partial charge in [0.25, 0.3) is 0 Å². The van der Waals surface area contributed by atoms with Crippen molar-refractivity contribution in [2.45, 2.75) is 26.3 Å². The van der Waals surface area contributed by atoms with E-state index in [9.17, 15) is 8.42 Å². The van der Waals surface area contributed by atoms with Crippen molar-refractivity contribution >= 4 is 26.3 Å². The molecule has 1 saturated heterocycles. The van der Waals surface area contributed by atoms with Crippen LogP contribution in [-0.4, -0.2) is 43.6 Å². The van der Waals surface area contributed by atoms with E-state index in [-0.39, 0.29) is 11.8 Å². The molecule has 2 aromatic heterocycles. The van der Waals surface area contributed by atoms with Crippen LogP contribution >= 0.6 is 11.3 Å². The largest absolute Gasteiger partial charge is 0.354 e. The summed E-state index contributed by atoms with van der Waals surface area (Å²) >= 11 is 1.62. The molecular formula is C15H21N3O2S2. The number of anilines is 1. The van der Waals surface area contributed by atoms with E-state index in [4.69, 9.17) is 0 Å². The van der Waals surface area contributed by atoms with Gasteiger partial charge < -0.3 is 9.47 Å². The lowest BCUT2D eigenvalue weighted by molar-refractivity contribution is 0.536. The van der Waals surface area contributed by atoms with Crippen molar-refractivity contribution in [3.63, 3.8) is 0 Å². The van der Waals surface area contributed by atoms with Gasteiger partial charge in [-0.05, 0) is 26.3 Å². The molecule has 0 bridgehead atoms. The Morgan fingerprint density at radius 1 is 1.36 bits per heavy atom. The van der Waals surface area contributed by atoms with E-state index >= 15 is 0 Å². The van der Waals surface area contributed by atoms with E-state index in [2.05, 4.69) is 27.9 Å². The van der Waals surface area contributed by atoms with Crippen LogP contribution in [-0.2, 0) is 9.84 Å². The fraction of sp³-hybridized carbons (Fsp3) is 0.533. The van der Waals surface area contributed by atoms with E-state index in [1.54, 1.807) is 11.3 Å². The molecule has 3 rings (SSSR count). The molecule has 1 atom stereocenters. The molecule has 1 aliphatic rings. The van der Waals surface area contributed by atoms with E-state index in [1.165, 1.54) is 0 Å². The summed E-state index contributed by atoms with van der Waals surface area (Å²) in [6.07, 6.45) is 0.706. The average molecular weight is 339 g/mol. The molecule has 5 nitrogen and oxygen atoms in total. The summed E-state index contributed by atoms with van der Waals surface area (Å²) in [5.74, 6) is 0.550. The maximum atomic E-state index is 11.8. The van der Waals surface area contributed by atoms with Crippen LogP contribution in [0.25, 0.3) is 11.3 Å². The highest BCUT2D eigenvalue weighted by Gasteiger charge is 2.31. The zero-order valence-electron chi connectivity index (χ0n) is 13.3. The van der Waals surface area contributed by atoms with Crippen molar-refractivity contribution in [2.75, 3.05) is 30.5 Å². The highest BCUT2D eigenvalue weighted by atomic mass is 32.2. The fourth-order valence-corrected chi connectivity index (χ4v) is 5.63. The monoisotopic (exact) mass is 339 g/mol. The Balaban J connectivity index is 1.99. The Kier molecular flexibility index (Phi) is 3.81. The Hall–Kier alpha value is -1.34. The minimum absolute atomic E-state index is 0.0608. The van der Waals surface area contributed by atoms with Crippen LogP contribution in [0.15, 0.2) is 11.4 Å². The first kappa shape index (κ1) is 15.6. The minimum Gasteiger partial charge on any atom is -0.354 e. The molecule has 22 heavy (non-hydrogen) atoms. The Morgan fingerprint density at radius 3 is 2.64 bits per heavy atom. The van der Waals surface area contributed by atoms with Crippen LogP contribution in [0.4, 0.5) is 5.13 Å². The smallest absolute Gasteiger partial charge is 0.185 e. The van der Waals surface area contributed by atoms with E-state index in [0.717, 1.165) is 27.8 Å². The number of nitrogens with zero attached hydrogens (tertiary/aromatic N) is 3. The maximum absolute atomic E-state index is 11.8. The molecule has 0 aromatic carbocycles. The third kappa shape index (κ3) is 2.67. The number of thiazole rings is 1. The molecule has 1 aliphatic heterocycles. The predicted molar refractivity (Wildman–Crippen MR) is 91.6 cm³/mol. The highest BCUT2D eigenvalue weighted by Crippen LogP contribution is 2.34. The van der Waals surface area contributed by atoms with Gasteiger partial charge in [0.1, 0.15) is 0 Å². The molecule has 7 heteroatoms. The SMILES string of the molecule is Cc1cc(-c2csc(N(C)C)n2)c(C)n1C1CCS(=O)(=O)C1. The second-order valence-corrected chi connectivity index (χ2v) is 9.19. The first-order chi connectivity index (χ1) is 10.3. The van der Waals surface area contributed by atoms with Gasteiger partial charge in [-0.1, -0.05) is 0 Å². The molecule has 0 aliphatic carbocycles.